The third-order valence-electron chi connectivity index (χ3n) is 4.54. The van der Waals surface area contributed by atoms with Gasteiger partial charge in [-0.1, -0.05) is 36.8 Å². The van der Waals surface area contributed by atoms with E-state index in [0.29, 0.717) is 0 Å². The highest BCUT2D eigenvalue weighted by molar-refractivity contribution is 5.18. The van der Waals surface area contributed by atoms with E-state index in [4.69, 9.17) is 5.73 Å². The summed E-state index contributed by atoms with van der Waals surface area (Å²) in [6.07, 6.45) is 6.39. The smallest absolute Gasteiger partial charge is 0.0295 e. The molecule has 0 aliphatic carbocycles. The lowest BCUT2D eigenvalue weighted by atomic mass is 9.96. The average molecular weight is 260 g/mol. The van der Waals surface area contributed by atoms with Gasteiger partial charge in [-0.15, -0.1) is 0 Å². The molecule has 1 aromatic rings. The quantitative estimate of drug-likeness (QED) is 0.874. The van der Waals surface area contributed by atoms with E-state index in [0.717, 1.165) is 18.5 Å². The van der Waals surface area contributed by atoms with Crippen LogP contribution in [0.1, 0.15) is 57.6 Å². The van der Waals surface area contributed by atoms with Gasteiger partial charge in [0.1, 0.15) is 0 Å². The molecule has 2 N–H and O–H groups in total. The molecular weight excluding hydrogens is 232 g/mol. The maximum atomic E-state index is 6.26. The maximum Gasteiger partial charge on any atom is 0.0295 e. The molecule has 1 unspecified atom stereocenters. The summed E-state index contributed by atoms with van der Waals surface area (Å²) in [5, 5.41) is 0. The first-order valence-electron chi connectivity index (χ1n) is 7.74. The lowest BCUT2D eigenvalue weighted by Crippen LogP contribution is -2.44. The minimum Gasteiger partial charge on any atom is -0.324 e. The Morgan fingerprint density at radius 2 is 1.79 bits per heavy atom. The lowest BCUT2D eigenvalue weighted by molar-refractivity contribution is 0.101. The molecule has 19 heavy (non-hydrogen) atoms. The molecule has 0 bridgehead atoms. The fourth-order valence-corrected chi connectivity index (χ4v) is 3.28. The Morgan fingerprint density at radius 1 is 1.16 bits per heavy atom. The highest BCUT2D eigenvalue weighted by Gasteiger charge is 2.23. The van der Waals surface area contributed by atoms with Crippen molar-refractivity contribution < 1.29 is 0 Å². The Balaban J connectivity index is 1.77. The van der Waals surface area contributed by atoms with Crippen LogP contribution in [0, 0.1) is 0 Å². The van der Waals surface area contributed by atoms with Crippen LogP contribution in [0.2, 0.25) is 0 Å². The molecule has 0 aromatic heterocycles. The highest BCUT2D eigenvalue weighted by atomic mass is 15.2. The van der Waals surface area contributed by atoms with Crippen LogP contribution in [0.5, 0.6) is 0 Å². The van der Waals surface area contributed by atoms with E-state index in [1.54, 1.807) is 0 Å². The summed E-state index contributed by atoms with van der Waals surface area (Å²) < 4.78 is 0. The first-order valence-corrected chi connectivity index (χ1v) is 7.74. The van der Waals surface area contributed by atoms with Gasteiger partial charge in [-0.05, 0) is 51.6 Å². The van der Waals surface area contributed by atoms with Crippen molar-refractivity contribution in [2.24, 2.45) is 5.73 Å². The van der Waals surface area contributed by atoms with Crippen LogP contribution in [0.4, 0.5) is 0 Å². The van der Waals surface area contributed by atoms with E-state index in [1.165, 1.54) is 37.8 Å². The third kappa shape index (κ3) is 4.05. The molecule has 3 atom stereocenters. The molecule has 0 saturated carbocycles. The van der Waals surface area contributed by atoms with Crippen LogP contribution in [-0.4, -0.2) is 23.5 Å². The van der Waals surface area contributed by atoms with E-state index in [1.807, 2.05) is 6.07 Å². The van der Waals surface area contributed by atoms with E-state index in [9.17, 15) is 0 Å². The Labute approximate surface area is 118 Å². The van der Waals surface area contributed by atoms with Crippen LogP contribution in [0.15, 0.2) is 30.3 Å². The average Bonchev–Trinajstić information content (AvgIpc) is 2.43. The number of nitrogens with two attached hydrogens (primary N) is 1. The number of rotatable bonds is 5. The standard InChI is InChI=1S/C17H28N2/c1-14-8-6-9-15(2)19(14)13-7-12-17(18)16-10-4-3-5-11-16/h3-5,10-11,14-15,17H,6-9,12-13,18H2,1-2H3/t14-,15+,17?. The molecular formula is C17H28N2. The largest absolute Gasteiger partial charge is 0.324 e. The fourth-order valence-electron chi connectivity index (χ4n) is 3.28. The minimum atomic E-state index is 0.191. The summed E-state index contributed by atoms with van der Waals surface area (Å²) in [4.78, 5) is 2.67. The molecule has 106 valence electrons. The van der Waals surface area contributed by atoms with Crippen molar-refractivity contribution in [2.45, 2.75) is 64.1 Å². The molecule has 0 spiro atoms. The fraction of sp³-hybridized carbons (Fsp3) is 0.647. The summed E-state index contributed by atoms with van der Waals surface area (Å²) in [6.45, 7) is 5.93. The van der Waals surface area contributed by atoms with Crippen molar-refractivity contribution in [3.63, 3.8) is 0 Å². The Hall–Kier alpha value is -0.860. The van der Waals surface area contributed by atoms with Gasteiger partial charge in [0.05, 0.1) is 0 Å². The van der Waals surface area contributed by atoms with Crippen molar-refractivity contribution in [2.75, 3.05) is 6.54 Å². The molecule has 1 aliphatic heterocycles. The van der Waals surface area contributed by atoms with Crippen LogP contribution in [0.25, 0.3) is 0 Å². The van der Waals surface area contributed by atoms with Crippen molar-refractivity contribution in [3.8, 4) is 0 Å². The van der Waals surface area contributed by atoms with Gasteiger partial charge < -0.3 is 5.73 Å². The molecule has 1 heterocycles. The van der Waals surface area contributed by atoms with Crippen LogP contribution < -0.4 is 5.73 Å². The molecule has 1 aromatic carbocycles. The van der Waals surface area contributed by atoms with Gasteiger partial charge in [0.25, 0.3) is 0 Å². The topological polar surface area (TPSA) is 29.3 Å². The van der Waals surface area contributed by atoms with E-state index >= 15 is 0 Å². The van der Waals surface area contributed by atoms with E-state index < -0.39 is 0 Å². The molecule has 1 aliphatic rings. The molecule has 1 saturated heterocycles. The summed E-state index contributed by atoms with van der Waals surface area (Å²) in [5.41, 5.74) is 7.53. The van der Waals surface area contributed by atoms with Crippen LogP contribution in [-0.2, 0) is 0 Å². The van der Waals surface area contributed by atoms with Gasteiger partial charge in [-0.25, -0.2) is 0 Å². The molecule has 0 amide bonds. The van der Waals surface area contributed by atoms with Gasteiger partial charge in [0, 0.05) is 18.1 Å². The maximum absolute atomic E-state index is 6.26. The predicted molar refractivity (Wildman–Crippen MR) is 82.1 cm³/mol. The van der Waals surface area contributed by atoms with E-state index in [-0.39, 0.29) is 6.04 Å². The zero-order valence-electron chi connectivity index (χ0n) is 12.4. The third-order valence-corrected chi connectivity index (χ3v) is 4.54. The molecule has 2 nitrogen and oxygen atoms in total. The molecule has 2 heteroatoms. The van der Waals surface area contributed by atoms with E-state index in [2.05, 4.69) is 43.0 Å². The van der Waals surface area contributed by atoms with Crippen LogP contribution >= 0.6 is 0 Å². The number of benzene rings is 1. The molecule has 0 radical (unpaired) electrons. The Bertz CT molecular complexity index is 353. The SMILES string of the molecule is C[C@@H]1CCC[C@H](C)N1CCCC(N)c1ccccc1. The summed E-state index contributed by atoms with van der Waals surface area (Å²) >= 11 is 0. The monoisotopic (exact) mass is 260 g/mol. The number of likely N-dealkylation sites (tertiary alicyclic amines) is 1. The lowest BCUT2D eigenvalue weighted by Gasteiger charge is -2.39. The van der Waals surface area contributed by atoms with Crippen LogP contribution in [0.3, 0.4) is 0 Å². The van der Waals surface area contributed by atoms with Gasteiger partial charge in [0.15, 0.2) is 0 Å². The molecule has 1 fully saturated rings. The zero-order chi connectivity index (χ0) is 13.7. The zero-order valence-corrected chi connectivity index (χ0v) is 12.4. The van der Waals surface area contributed by atoms with Crippen molar-refractivity contribution >= 4 is 0 Å². The predicted octanol–water partition coefficient (Wildman–Crippen LogP) is 3.73. The second-order valence-electron chi connectivity index (χ2n) is 6.03. The van der Waals surface area contributed by atoms with Gasteiger partial charge in [-0.3, -0.25) is 4.90 Å². The van der Waals surface area contributed by atoms with Crippen molar-refractivity contribution in [3.05, 3.63) is 35.9 Å². The number of hydrogen-bond acceptors (Lipinski definition) is 2. The number of piperidine rings is 1. The second kappa shape index (κ2) is 7.06. The first-order chi connectivity index (χ1) is 9.18. The second-order valence-corrected chi connectivity index (χ2v) is 6.03. The number of nitrogens with zero attached hydrogens (tertiary/aromatic N) is 1. The van der Waals surface area contributed by atoms with Gasteiger partial charge >= 0.3 is 0 Å². The van der Waals surface area contributed by atoms with Crippen molar-refractivity contribution in [1.82, 2.24) is 4.90 Å². The highest BCUT2D eigenvalue weighted by Crippen LogP contribution is 2.23. The number of hydrogen-bond donors (Lipinski definition) is 1. The Morgan fingerprint density at radius 3 is 2.42 bits per heavy atom. The van der Waals surface area contributed by atoms with Gasteiger partial charge in [-0.2, -0.15) is 0 Å². The van der Waals surface area contributed by atoms with Gasteiger partial charge in [0.2, 0.25) is 0 Å². The first kappa shape index (κ1) is 14.5. The summed E-state index contributed by atoms with van der Waals surface area (Å²) in [6, 6.07) is 12.2. The van der Waals surface area contributed by atoms with Crippen molar-refractivity contribution in [1.29, 1.82) is 0 Å². The normalized spacial score (nSPS) is 26.3. The minimum absolute atomic E-state index is 0.191. The summed E-state index contributed by atoms with van der Waals surface area (Å²) in [5.74, 6) is 0. The summed E-state index contributed by atoms with van der Waals surface area (Å²) in [7, 11) is 0. The molecule has 2 rings (SSSR count). The Kier molecular flexibility index (Phi) is 5.41.